The van der Waals surface area contributed by atoms with Gasteiger partial charge in [0.2, 0.25) is 0 Å². The summed E-state index contributed by atoms with van der Waals surface area (Å²) in [4.78, 5) is 22.9. The lowest BCUT2D eigenvalue weighted by molar-refractivity contribution is -0.125. The van der Waals surface area contributed by atoms with Gasteiger partial charge in [0.25, 0.3) is 0 Å². The Kier molecular flexibility index (Phi) is 2.16. The largest absolute Gasteiger partial charge is 0.351 e. The molecule has 2 amide bonds. The fourth-order valence-electron chi connectivity index (χ4n) is 3.24. The van der Waals surface area contributed by atoms with Crippen molar-refractivity contribution >= 4 is 11.8 Å². The van der Waals surface area contributed by atoms with Crippen molar-refractivity contribution in [1.82, 2.24) is 5.32 Å². The van der Waals surface area contributed by atoms with E-state index in [4.69, 9.17) is 5.73 Å². The van der Waals surface area contributed by atoms with Crippen LogP contribution in [0.25, 0.3) is 0 Å². The zero-order chi connectivity index (χ0) is 12.1. The number of ketones is 1. The van der Waals surface area contributed by atoms with Crippen molar-refractivity contribution in [2.45, 2.75) is 33.6 Å². The van der Waals surface area contributed by atoms with Gasteiger partial charge in [-0.05, 0) is 24.2 Å². The summed E-state index contributed by atoms with van der Waals surface area (Å²) >= 11 is 0. The molecule has 2 atom stereocenters. The number of primary amides is 1. The second-order valence-corrected chi connectivity index (χ2v) is 5.58. The number of urea groups is 1. The topological polar surface area (TPSA) is 72.2 Å². The number of rotatable bonds is 1. The Morgan fingerprint density at radius 2 is 2.12 bits per heavy atom. The SMILES string of the molecule is CC12CCC(C(=CNC(N)=O)C1=O)C2(C)C. The number of fused-ring (bicyclic) bond motifs is 2. The third-order valence-corrected chi connectivity index (χ3v) is 4.73. The van der Waals surface area contributed by atoms with E-state index in [2.05, 4.69) is 19.2 Å². The van der Waals surface area contributed by atoms with Gasteiger partial charge in [-0.3, -0.25) is 4.79 Å². The molecule has 2 fully saturated rings. The van der Waals surface area contributed by atoms with Crippen molar-refractivity contribution in [3.8, 4) is 0 Å². The molecule has 0 aliphatic heterocycles. The Bertz CT molecular complexity index is 398. The number of carbonyl (C=O) groups is 2. The molecule has 0 radical (unpaired) electrons. The van der Waals surface area contributed by atoms with E-state index < -0.39 is 6.03 Å². The molecule has 0 aromatic carbocycles. The average Bonchev–Trinajstić information content (AvgIpc) is 2.47. The normalized spacial score (nSPS) is 38.1. The third kappa shape index (κ3) is 1.16. The monoisotopic (exact) mass is 222 g/mol. The number of nitrogens with one attached hydrogen (secondary N) is 1. The molecule has 0 spiro atoms. The highest BCUT2D eigenvalue weighted by Crippen LogP contribution is 2.65. The molecule has 16 heavy (non-hydrogen) atoms. The first-order valence-corrected chi connectivity index (χ1v) is 5.61. The number of amides is 2. The Morgan fingerprint density at radius 1 is 1.50 bits per heavy atom. The van der Waals surface area contributed by atoms with E-state index in [9.17, 15) is 9.59 Å². The predicted molar refractivity (Wildman–Crippen MR) is 60.4 cm³/mol. The van der Waals surface area contributed by atoms with Gasteiger partial charge in [-0.2, -0.15) is 0 Å². The minimum atomic E-state index is -0.619. The van der Waals surface area contributed by atoms with Gasteiger partial charge in [0.15, 0.2) is 5.78 Å². The molecule has 2 bridgehead atoms. The number of hydrogen-bond donors (Lipinski definition) is 2. The molecule has 88 valence electrons. The van der Waals surface area contributed by atoms with E-state index >= 15 is 0 Å². The van der Waals surface area contributed by atoms with Crippen LogP contribution in [-0.2, 0) is 4.79 Å². The average molecular weight is 222 g/mol. The van der Waals surface area contributed by atoms with Crippen LogP contribution in [0.3, 0.4) is 0 Å². The van der Waals surface area contributed by atoms with Crippen molar-refractivity contribution in [3.05, 3.63) is 11.8 Å². The van der Waals surface area contributed by atoms with Gasteiger partial charge in [-0.25, -0.2) is 4.79 Å². The van der Waals surface area contributed by atoms with Crippen LogP contribution in [-0.4, -0.2) is 11.8 Å². The molecule has 2 rings (SSSR count). The third-order valence-electron chi connectivity index (χ3n) is 4.73. The van der Waals surface area contributed by atoms with Crippen LogP contribution in [0.15, 0.2) is 11.8 Å². The fourth-order valence-corrected chi connectivity index (χ4v) is 3.24. The lowest BCUT2D eigenvalue weighted by Crippen LogP contribution is -2.32. The van der Waals surface area contributed by atoms with E-state index in [1.807, 2.05) is 6.92 Å². The molecule has 3 N–H and O–H groups in total. The second-order valence-electron chi connectivity index (χ2n) is 5.58. The zero-order valence-corrected chi connectivity index (χ0v) is 9.96. The van der Waals surface area contributed by atoms with E-state index in [1.165, 1.54) is 6.20 Å². The van der Waals surface area contributed by atoms with Crippen LogP contribution >= 0.6 is 0 Å². The van der Waals surface area contributed by atoms with E-state index in [0.29, 0.717) is 0 Å². The van der Waals surface area contributed by atoms with Gasteiger partial charge < -0.3 is 11.1 Å². The smallest absolute Gasteiger partial charge is 0.316 e. The van der Waals surface area contributed by atoms with Crippen molar-refractivity contribution in [2.24, 2.45) is 22.5 Å². The molecule has 2 aliphatic carbocycles. The molecule has 2 saturated carbocycles. The minimum absolute atomic E-state index is 0.0186. The molecule has 4 nitrogen and oxygen atoms in total. The van der Waals surface area contributed by atoms with Gasteiger partial charge in [0.1, 0.15) is 0 Å². The van der Waals surface area contributed by atoms with Gasteiger partial charge in [-0.15, -0.1) is 0 Å². The van der Waals surface area contributed by atoms with Crippen molar-refractivity contribution in [1.29, 1.82) is 0 Å². The summed E-state index contributed by atoms with van der Waals surface area (Å²) in [5.41, 5.74) is 5.45. The summed E-state index contributed by atoms with van der Waals surface area (Å²) in [6, 6.07) is -0.619. The highest BCUT2D eigenvalue weighted by atomic mass is 16.2. The van der Waals surface area contributed by atoms with Crippen LogP contribution in [0.2, 0.25) is 0 Å². The summed E-state index contributed by atoms with van der Waals surface area (Å²) < 4.78 is 0. The van der Waals surface area contributed by atoms with Gasteiger partial charge in [0.05, 0.1) is 0 Å². The first kappa shape index (κ1) is 11.2. The predicted octanol–water partition coefficient (Wildman–Crippen LogP) is 1.56. The van der Waals surface area contributed by atoms with Crippen LogP contribution in [0.4, 0.5) is 4.79 Å². The van der Waals surface area contributed by atoms with Crippen LogP contribution in [0.5, 0.6) is 0 Å². The molecule has 4 heteroatoms. The minimum Gasteiger partial charge on any atom is -0.351 e. The molecular weight excluding hydrogens is 204 g/mol. The molecular formula is C12H18N2O2. The molecule has 2 unspecified atom stereocenters. The van der Waals surface area contributed by atoms with E-state index in [-0.39, 0.29) is 22.5 Å². The first-order chi connectivity index (χ1) is 7.30. The number of allylic oxidation sites excluding steroid dienone is 1. The quantitative estimate of drug-likeness (QED) is 0.661. The maximum Gasteiger partial charge on any atom is 0.316 e. The summed E-state index contributed by atoms with van der Waals surface area (Å²) in [6.07, 6.45) is 3.46. The highest BCUT2D eigenvalue weighted by Gasteiger charge is 2.63. The van der Waals surface area contributed by atoms with E-state index in [0.717, 1.165) is 18.4 Å². The standard InChI is InChI=1S/C12H18N2O2/c1-11(2)8-4-5-12(11,3)9(15)7(8)6-14-10(13)16/h6,8H,4-5H2,1-3H3,(H3,13,14,16). The Morgan fingerprint density at radius 3 is 2.56 bits per heavy atom. The number of hydrogen-bond acceptors (Lipinski definition) is 2. The van der Waals surface area contributed by atoms with Crippen LogP contribution < -0.4 is 11.1 Å². The van der Waals surface area contributed by atoms with Crippen molar-refractivity contribution in [3.63, 3.8) is 0 Å². The maximum absolute atomic E-state index is 12.3. The Labute approximate surface area is 95.3 Å². The van der Waals surface area contributed by atoms with Gasteiger partial charge >= 0.3 is 6.03 Å². The lowest BCUT2D eigenvalue weighted by atomic mass is 9.70. The fraction of sp³-hybridized carbons (Fsp3) is 0.667. The highest BCUT2D eigenvalue weighted by molar-refractivity contribution is 6.04. The summed E-state index contributed by atoms with van der Waals surface area (Å²) in [6.45, 7) is 6.29. The van der Waals surface area contributed by atoms with Gasteiger partial charge in [0, 0.05) is 17.2 Å². The summed E-state index contributed by atoms with van der Waals surface area (Å²) in [5, 5.41) is 2.41. The Balaban J connectivity index is 2.37. The number of Topliss-reactive ketones (excluding diaryl/α,β-unsaturated/α-hetero) is 1. The lowest BCUT2D eigenvalue weighted by Gasteiger charge is -2.31. The summed E-state index contributed by atoms with van der Waals surface area (Å²) in [5.74, 6) is 0.416. The van der Waals surface area contributed by atoms with Crippen LogP contribution in [0, 0.1) is 16.7 Å². The maximum atomic E-state index is 12.3. The molecule has 0 aromatic rings. The number of nitrogens with two attached hydrogens (primary N) is 1. The van der Waals surface area contributed by atoms with Crippen molar-refractivity contribution < 1.29 is 9.59 Å². The van der Waals surface area contributed by atoms with Crippen LogP contribution in [0.1, 0.15) is 33.6 Å². The zero-order valence-electron chi connectivity index (χ0n) is 9.96. The van der Waals surface area contributed by atoms with Gasteiger partial charge in [-0.1, -0.05) is 20.8 Å². The first-order valence-electron chi connectivity index (χ1n) is 5.61. The molecule has 2 aliphatic rings. The second kappa shape index (κ2) is 3.09. The van der Waals surface area contributed by atoms with Crippen molar-refractivity contribution in [2.75, 3.05) is 0 Å². The molecule has 0 heterocycles. The Hall–Kier alpha value is -1.32. The molecule has 0 aromatic heterocycles. The molecule has 0 saturated heterocycles. The van der Waals surface area contributed by atoms with E-state index in [1.54, 1.807) is 0 Å². The number of carbonyl (C=O) groups excluding carboxylic acids is 2. The summed E-state index contributed by atoms with van der Waals surface area (Å²) in [7, 11) is 0.